The monoisotopic (exact) mass is 347 g/mol. The lowest BCUT2D eigenvalue weighted by molar-refractivity contribution is -0.00757. The lowest BCUT2D eigenvalue weighted by Crippen LogP contribution is -2.24. The maximum Gasteiger partial charge on any atom is 0.168 e. The van der Waals surface area contributed by atoms with Crippen LogP contribution < -0.4 is 0 Å². The Balaban J connectivity index is 2.01. The largest absolute Gasteiger partial charge is 0.350 e. The molecule has 0 aliphatic carbocycles. The zero-order valence-corrected chi connectivity index (χ0v) is 13.0. The number of rotatable bonds is 4. The van der Waals surface area contributed by atoms with Gasteiger partial charge in [-0.2, -0.15) is 0 Å². The Kier molecular flexibility index (Phi) is 4.27. The van der Waals surface area contributed by atoms with E-state index in [1.807, 2.05) is 0 Å². The molecule has 0 bridgehead atoms. The fourth-order valence-electron chi connectivity index (χ4n) is 2.42. The van der Waals surface area contributed by atoms with E-state index in [1.165, 1.54) is 10.9 Å². The van der Waals surface area contributed by atoms with Gasteiger partial charge in [0.05, 0.1) is 17.7 Å². The van der Waals surface area contributed by atoms with Crippen LogP contribution in [0.4, 0.5) is 4.39 Å². The topological polar surface area (TPSA) is 74.1 Å². The van der Waals surface area contributed by atoms with E-state index in [0.29, 0.717) is 11.0 Å². The van der Waals surface area contributed by atoms with Gasteiger partial charge in [0, 0.05) is 6.20 Å². The Hall–Kier alpha value is -1.00. The van der Waals surface area contributed by atoms with Gasteiger partial charge in [-0.1, -0.05) is 11.6 Å². The molecule has 2 aromatic rings. The van der Waals surface area contributed by atoms with E-state index in [2.05, 4.69) is 9.97 Å². The van der Waals surface area contributed by atoms with Crippen LogP contribution in [-0.2, 0) is 13.9 Å². The number of hydrogen-bond acceptors (Lipinski definition) is 5. The average molecular weight is 348 g/mol. The van der Waals surface area contributed by atoms with Crippen LogP contribution in [0.2, 0.25) is 5.15 Å². The van der Waals surface area contributed by atoms with Gasteiger partial charge in [0.25, 0.3) is 0 Å². The van der Waals surface area contributed by atoms with Crippen molar-refractivity contribution in [3.8, 4) is 0 Å². The van der Waals surface area contributed by atoms with Crippen LogP contribution in [0, 0.1) is 0 Å². The highest BCUT2D eigenvalue weighted by atomic mass is 35.5. The zero-order valence-electron chi connectivity index (χ0n) is 10.5. The van der Waals surface area contributed by atoms with E-state index in [4.69, 9.17) is 16.3 Å². The Bertz CT molecular complexity index is 700. The molecule has 3 rings (SSSR count). The molecule has 10 heteroatoms. The van der Waals surface area contributed by atoms with Crippen molar-refractivity contribution in [3.63, 3.8) is 0 Å². The summed E-state index contributed by atoms with van der Waals surface area (Å²) in [7, 11) is -0.544. The lowest BCUT2D eigenvalue weighted by atomic mass is 10.2. The molecule has 0 spiro atoms. The Labute approximate surface area is 127 Å². The third-order valence-electron chi connectivity index (χ3n) is 3.40. The third-order valence-corrected chi connectivity index (χ3v) is 5.08. The molecular weight excluding hydrogens is 339 g/mol. The molecule has 3 heterocycles. The fourth-order valence-corrected chi connectivity index (χ4v) is 3.82. The van der Waals surface area contributed by atoms with E-state index in [1.54, 1.807) is 12.3 Å². The van der Waals surface area contributed by atoms with Crippen LogP contribution in [-0.4, -0.2) is 38.6 Å². The van der Waals surface area contributed by atoms with E-state index in [-0.39, 0.29) is 28.2 Å². The molecule has 0 aromatic carbocycles. The second kappa shape index (κ2) is 6.01. The van der Waals surface area contributed by atoms with E-state index < -0.39 is 24.2 Å². The molecule has 6 nitrogen and oxygen atoms in total. The van der Waals surface area contributed by atoms with Crippen LogP contribution in [0.5, 0.6) is 0 Å². The first-order chi connectivity index (χ1) is 10.2. The van der Waals surface area contributed by atoms with Crippen molar-refractivity contribution in [1.29, 1.82) is 0 Å². The number of aromatic nitrogens is 3. The summed E-state index contributed by atoms with van der Waals surface area (Å²) in [5.41, 5.74) is -0.421. The van der Waals surface area contributed by atoms with Gasteiger partial charge in [-0.15, -0.1) is 0 Å². The van der Waals surface area contributed by atoms with Crippen molar-refractivity contribution < 1.29 is 18.3 Å². The van der Waals surface area contributed by atoms with E-state index in [9.17, 15) is 13.5 Å². The van der Waals surface area contributed by atoms with Crippen molar-refractivity contribution in [2.75, 3.05) is 6.16 Å². The third kappa shape index (κ3) is 2.49. The molecule has 1 fully saturated rings. The van der Waals surface area contributed by atoms with Crippen LogP contribution in [0.15, 0.2) is 18.6 Å². The van der Waals surface area contributed by atoms with Crippen molar-refractivity contribution in [2.45, 2.75) is 24.2 Å². The van der Waals surface area contributed by atoms with E-state index >= 15 is 0 Å². The summed E-state index contributed by atoms with van der Waals surface area (Å²) in [6, 6.07) is 1.66. The Morgan fingerprint density at radius 3 is 2.95 bits per heavy atom. The van der Waals surface area contributed by atoms with Gasteiger partial charge >= 0.3 is 0 Å². The molecule has 0 radical (unpaired) electrons. The minimum atomic E-state index is -1.50. The quantitative estimate of drug-likeness (QED) is 0.627. The van der Waals surface area contributed by atoms with E-state index in [0.717, 1.165) is 0 Å². The average Bonchev–Trinajstić information content (AvgIpc) is 3.02. The first-order valence-corrected chi connectivity index (χ1v) is 8.31. The highest BCUT2D eigenvalue weighted by molar-refractivity contribution is 7.25. The SMILES string of the molecule is O=PC[C@H]1O[C@@H](n2ccc3c(Cl)ncnc32)[C@@H](F)[C@@H]1P=O. The van der Waals surface area contributed by atoms with Crippen molar-refractivity contribution in [1.82, 2.24) is 14.5 Å². The Morgan fingerprint density at radius 1 is 1.43 bits per heavy atom. The second-order valence-electron chi connectivity index (χ2n) is 4.54. The number of alkyl halides is 1. The molecule has 2 aromatic heterocycles. The number of fused-ring (bicyclic) bond motifs is 1. The predicted octanol–water partition coefficient (Wildman–Crippen LogP) is 3.27. The van der Waals surface area contributed by atoms with Crippen molar-refractivity contribution >= 4 is 39.6 Å². The highest BCUT2D eigenvalue weighted by Crippen LogP contribution is 2.40. The summed E-state index contributed by atoms with van der Waals surface area (Å²) in [4.78, 5) is 7.93. The van der Waals surface area contributed by atoms with Gasteiger partial charge in [0.15, 0.2) is 29.3 Å². The molecule has 0 unspecified atom stereocenters. The number of halogens is 2. The molecule has 1 aliphatic heterocycles. The molecule has 0 N–H and O–H groups in total. The number of hydrogen-bond donors (Lipinski definition) is 0. The fraction of sp³-hybridized carbons (Fsp3) is 0.455. The minimum absolute atomic E-state index is 0.0891. The maximum atomic E-state index is 14.5. The summed E-state index contributed by atoms with van der Waals surface area (Å²) >= 11 is 5.95. The van der Waals surface area contributed by atoms with Crippen molar-refractivity contribution in [2.24, 2.45) is 0 Å². The summed E-state index contributed by atoms with van der Waals surface area (Å²) in [6.45, 7) is 0. The molecule has 0 amide bonds. The van der Waals surface area contributed by atoms with Gasteiger partial charge in [-0.05, 0) is 6.07 Å². The standard InChI is InChI=1S/C11H9ClFN3O3P2/c12-9-5-1-2-16(10(5)15-4-14-9)11-7(13)8(21-18)6(19-11)3-20-17/h1-2,4,6-8,11H,3H2/t6-,7+,8-,11-/m1/s1. The van der Waals surface area contributed by atoms with Gasteiger partial charge in [-0.3, -0.25) is 9.13 Å². The maximum absolute atomic E-state index is 14.5. The second-order valence-corrected chi connectivity index (χ2v) is 6.33. The Morgan fingerprint density at radius 2 is 2.24 bits per heavy atom. The van der Waals surface area contributed by atoms with Crippen LogP contribution in [0.3, 0.4) is 0 Å². The molecule has 4 atom stereocenters. The minimum Gasteiger partial charge on any atom is -0.350 e. The lowest BCUT2D eigenvalue weighted by Gasteiger charge is -2.15. The molecule has 0 saturated carbocycles. The predicted molar refractivity (Wildman–Crippen MR) is 75.2 cm³/mol. The molecule has 110 valence electrons. The number of ether oxygens (including phenoxy) is 1. The van der Waals surface area contributed by atoms with Gasteiger partial charge in [-0.25, -0.2) is 14.4 Å². The molecule has 1 saturated heterocycles. The molecule has 1 aliphatic rings. The van der Waals surface area contributed by atoms with Crippen LogP contribution in [0.1, 0.15) is 6.23 Å². The smallest absolute Gasteiger partial charge is 0.168 e. The normalized spacial score (nSPS) is 29.6. The van der Waals surface area contributed by atoms with Gasteiger partial charge in [0.1, 0.15) is 22.8 Å². The summed E-state index contributed by atoms with van der Waals surface area (Å²) in [5, 5.41) is 0.844. The highest BCUT2D eigenvalue weighted by Gasteiger charge is 2.47. The molecule has 21 heavy (non-hydrogen) atoms. The summed E-state index contributed by atoms with van der Waals surface area (Å²) in [5.74, 6) is 0. The summed E-state index contributed by atoms with van der Waals surface area (Å²) in [6.07, 6.45) is -0.199. The number of nitrogens with zero attached hydrogens (tertiary/aromatic N) is 3. The van der Waals surface area contributed by atoms with Gasteiger partial charge in [0.2, 0.25) is 0 Å². The summed E-state index contributed by atoms with van der Waals surface area (Å²) < 4.78 is 43.4. The first kappa shape index (κ1) is 14.9. The van der Waals surface area contributed by atoms with Crippen LogP contribution >= 0.6 is 28.5 Å². The molecular formula is C11H9ClFN3O3P2. The van der Waals surface area contributed by atoms with Crippen molar-refractivity contribution in [3.05, 3.63) is 23.7 Å². The van der Waals surface area contributed by atoms with Crippen LogP contribution in [0.25, 0.3) is 11.0 Å². The zero-order chi connectivity index (χ0) is 15.0. The van der Waals surface area contributed by atoms with Gasteiger partial charge < -0.3 is 9.30 Å². The first-order valence-electron chi connectivity index (χ1n) is 6.05.